The van der Waals surface area contributed by atoms with E-state index in [1.807, 2.05) is 23.7 Å². The summed E-state index contributed by atoms with van der Waals surface area (Å²) >= 11 is 0. The van der Waals surface area contributed by atoms with Gasteiger partial charge in [0.15, 0.2) is 0 Å². The molecule has 102 valence electrons. The van der Waals surface area contributed by atoms with Crippen molar-refractivity contribution in [3.63, 3.8) is 0 Å². The summed E-state index contributed by atoms with van der Waals surface area (Å²) in [6.07, 6.45) is 0.905. The summed E-state index contributed by atoms with van der Waals surface area (Å²) < 4.78 is 7.76. The average Bonchev–Trinajstić information content (AvgIpc) is 2.79. The predicted octanol–water partition coefficient (Wildman–Crippen LogP) is 2.29. The first kappa shape index (κ1) is 13.6. The van der Waals surface area contributed by atoms with Gasteiger partial charge < -0.3 is 10.5 Å². The molecule has 1 aromatic heterocycles. The molecular formula is C15H21N3O. The van der Waals surface area contributed by atoms with E-state index < -0.39 is 0 Å². The fourth-order valence-corrected chi connectivity index (χ4v) is 2.07. The zero-order valence-electron chi connectivity index (χ0n) is 11.6. The monoisotopic (exact) mass is 259 g/mol. The molecule has 0 aliphatic heterocycles. The maximum absolute atomic E-state index is 5.79. The van der Waals surface area contributed by atoms with Gasteiger partial charge in [0.05, 0.1) is 11.4 Å². The number of hydrogen-bond acceptors (Lipinski definition) is 3. The molecule has 2 N–H and O–H groups in total. The molecule has 0 aliphatic rings. The normalized spacial score (nSPS) is 10.7. The number of aryl methyl sites for hydroxylation is 2. The van der Waals surface area contributed by atoms with Gasteiger partial charge in [0.25, 0.3) is 0 Å². The molecule has 0 bridgehead atoms. The molecule has 0 amide bonds. The maximum atomic E-state index is 5.79. The van der Waals surface area contributed by atoms with Crippen molar-refractivity contribution in [3.05, 3.63) is 47.3 Å². The molecule has 19 heavy (non-hydrogen) atoms. The van der Waals surface area contributed by atoms with Crippen LogP contribution in [0.3, 0.4) is 0 Å². The molecule has 0 aliphatic carbocycles. The van der Waals surface area contributed by atoms with E-state index in [1.54, 1.807) is 0 Å². The van der Waals surface area contributed by atoms with Crippen LogP contribution in [0.15, 0.2) is 30.3 Å². The lowest BCUT2D eigenvalue weighted by atomic mass is 10.1. The molecule has 1 heterocycles. The lowest BCUT2D eigenvalue weighted by Crippen LogP contribution is -2.06. The first-order valence-corrected chi connectivity index (χ1v) is 6.68. The standard InChI is InChI=1S/C15H21N3O/c1-3-18-14(10-12(2)17-18)11-19-15-6-4-13(5-7-15)8-9-16/h4-7,10H,3,8-9,11,16H2,1-2H3. The van der Waals surface area contributed by atoms with Crippen molar-refractivity contribution in [2.75, 3.05) is 6.54 Å². The van der Waals surface area contributed by atoms with Gasteiger partial charge in [0.2, 0.25) is 0 Å². The Morgan fingerprint density at radius 1 is 1.26 bits per heavy atom. The number of benzene rings is 1. The Hall–Kier alpha value is -1.81. The second-order valence-corrected chi connectivity index (χ2v) is 4.56. The molecular weight excluding hydrogens is 238 g/mol. The summed E-state index contributed by atoms with van der Waals surface area (Å²) in [5.41, 5.74) is 8.90. The van der Waals surface area contributed by atoms with Crippen LogP contribution in [-0.2, 0) is 19.6 Å². The summed E-state index contributed by atoms with van der Waals surface area (Å²) in [6.45, 7) is 6.16. The Kier molecular flexibility index (Phi) is 4.58. The lowest BCUT2D eigenvalue weighted by molar-refractivity contribution is 0.292. The van der Waals surface area contributed by atoms with Gasteiger partial charge in [-0.2, -0.15) is 5.10 Å². The van der Waals surface area contributed by atoms with E-state index >= 15 is 0 Å². The van der Waals surface area contributed by atoms with Gasteiger partial charge in [0, 0.05) is 6.54 Å². The summed E-state index contributed by atoms with van der Waals surface area (Å²) in [7, 11) is 0. The van der Waals surface area contributed by atoms with Crippen molar-refractivity contribution < 1.29 is 4.74 Å². The zero-order valence-corrected chi connectivity index (χ0v) is 11.6. The van der Waals surface area contributed by atoms with Crippen LogP contribution in [0.25, 0.3) is 0 Å². The number of ether oxygens (including phenoxy) is 1. The third kappa shape index (κ3) is 3.58. The minimum atomic E-state index is 0.547. The number of nitrogens with two attached hydrogens (primary N) is 1. The fraction of sp³-hybridized carbons (Fsp3) is 0.400. The Bertz CT molecular complexity index is 517. The van der Waals surface area contributed by atoms with Gasteiger partial charge in [-0.1, -0.05) is 12.1 Å². The maximum Gasteiger partial charge on any atom is 0.130 e. The topological polar surface area (TPSA) is 53.1 Å². The van der Waals surface area contributed by atoms with E-state index in [9.17, 15) is 0 Å². The summed E-state index contributed by atoms with van der Waals surface area (Å²) in [6, 6.07) is 10.2. The second kappa shape index (κ2) is 6.38. The van der Waals surface area contributed by atoms with Gasteiger partial charge in [-0.05, 0) is 50.6 Å². The van der Waals surface area contributed by atoms with E-state index in [2.05, 4.69) is 30.2 Å². The van der Waals surface area contributed by atoms with Crippen molar-refractivity contribution in [1.82, 2.24) is 9.78 Å². The molecule has 0 fully saturated rings. The molecule has 0 saturated carbocycles. The van der Waals surface area contributed by atoms with Gasteiger partial charge >= 0.3 is 0 Å². The smallest absolute Gasteiger partial charge is 0.130 e. The highest BCUT2D eigenvalue weighted by molar-refractivity contribution is 5.27. The van der Waals surface area contributed by atoms with Gasteiger partial charge in [-0.15, -0.1) is 0 Å². The number of aromatic nitrogens is 2. The molecule has 0 saturated heterocycles. The van der Waals surface area contributed by atoms with Gasteiger partial charge in [-0.25, -0.2) is 0 Å². The van der Waals surface area contributed by atoms with Crippen molar-refractivity contribution in [2.45, 2.75) is 33.4 Å². The van der Waals surface area contributed by atoms with E-state index in [0.29, 0.717) is 13.2 Å². The SMILES string of the molecule is CCn1nc(C)cc1COc1ccc(CCN)cc1. The molecule has 0 spiro atoms. The van der Waals surface area contributed by atoms with Gasteiger partial charge in [-0.3, -0.25) is 4.68 Å². The van der Waals surface area contributed by atoms with Crippen LogP contribution < -0.4 is 10.5 Å². The molecule has 0 unspecified atom stereocenters. The van der Waals surface area contributed by atoms with Crippen LogP contribution in [0.4, 0.5) is 0 Å². The first-order valence-electron chi connectivity index (χ1n) is 6.68. The first-order chi connectivity index (χ1) is 9.22. The predicted molar refractivity (Wildman–Crippen MR) is 76.2 cm³/mol. The lowest BCUT2D eigenvalue weighted by Gasteiger charge is -2.08. The van der Waals surface area contributed by atoms with E-state index in [0.717, 1.165) is 30.1 Å². The summed E-state index contributed by atoms with van der Waals surface area (Å²) in [5.74, 6) is 0.877. The zero-order chi connectivity index (χ0) is 13.7. The van der Waals surface area contributed by atoms with E-state index in [1.165, 1.54) is 5.56 Å². The van der Waals surface area contributed by atoms with Crippen LogP contribution in [0.5, 0.6) is 5.75 Å². The summed E-state index contributed by atoms with van der Waals surface area (Å²) in [5, 5.41) is 4.40. The summed E-state index contributed by atoms with van der Waals surface area (Å²) in [4.78, 5) is 0. The van der Waals surface area contributed by atoms with E-state index in [4.69, 9.17) is 10.5 Å². The quantitative estimate of drug-likeness (QED) is 0.866. The van der Waals surface area contributed by atoms with E-state index in [-0.39, 0.29) is 0 Å². The second-order valence-electron chi connectivity index (χ2n) is 4.56. The Labute approximate surface area is 114 Å². The van der Waals surface area contributed by atoms with Crippen molar-refractivity contribution in [3.8, 4) is 5.75 Å². The molecule has 2 aromatic rings. The highest BCUT2D eigenvalue weighted by Crippen LogP contribution is 2.15. The molecule has 0 atom stereocenters. The number of rotatable bonds is 6. The number of nitrogens with zero attached hydrogens (tertiary/aromatic N) is 2. The third-order valence-corrected chi connectivity index (χ3v) is 3.03. The molecule has 4 heteroatoms. The van der Waals surface area contributed by atoms with Crippen LogP contribution in [0.2, 0.25) is 0 Å². The van der Waals surface area contributed by atoms with Crippen LogP contribution in [0.1, 0.15) is 23.9 Å². The molecule has 0 radical (unpaired) electrons. The fourth-order valence-electron chi connectivity index (χ4n) is 2.07. The Morgan fingerprint density at radius 2 is 2.00 bits per heavy atom. The highest BCUT2D eigenvalue weighted by Gasteiger charge is 2.04. The minimum Gasteiger partial charge on any atom is -0.487 e. The molecule has 1 aromatic carbocycles. The van der Waals surface area contributed by atoms with Crippen molar-refractivity contribution in [1.29, 1.82) is 0 Å². The highest BCUT2D eigenvalue weighted by atomic mass is 16.5. The van der Waals surface area contributed by atoms with Crippen molar-refractivity contribution >= 4 is 0 Å². The minimum absolute atomic E-state index is 0.547. The van der Waals surface area contributed by atoms with Crippen LogP contribution >= 0.6 is 0 Å². The largest absolute Gasteiger partial charge is 0.487 e. The third-order valence-electron chi connectivity index (χ3n) is 3.03. The number of hydrogen-bond donors (Lipinski definition) is 1. The Morgan fingerprint density at radius 3 is 2.63 bits per heavy atom. The molecule has 4 nitrogen and oxygen atoms in total. The van der Waals surface area contributed by atoms with Crippen LogP contribution in [0, 0.1) is 6.92 Å². The van der Waals surface area contributed by atoms with Crippen molar-refractivity contribution in [2.24, 2.45) is 5.73 Å². The van der Waals surface area contributed by atoms with Crippen LogP contribution in [-0.4, -0.2) is 16.3 Å². The van der Waals surface area contributed by atoms with Gasteiger partial charge in [0.1, 0.15) is 12.4 Å². The average molecular weight is 259 g/mol. The Balaban J connectivity index is 1.97. The molecule has 2 rings (SSSR count).